The van der Waals surface area contributed by atoms with Gasteiger partial charge in [-0.1, -0.05) is 11.3 Å². The summed E-state index contributed by atoms with van der Waals surface area (Å²) in [4.78, 5) is 0. The van der Waals surface area contributed by atoms with Crippen LogP contribution in [0.2, 0.25) is 0 Å². The van der Waals surface area contributed by atoms with Crippen molar-refractivity contribution in [1.29, 1.82) is 0 Å². The van der Waals surface area contributed by atoms with Crippen LogP contribution in [0.1, 0.15) is 37.3 Å². The number of nitrogens with zero attached hydrogens (tertiary/aromatic N) is 3. The minimum Gasteiger partial charge on any atom is -0.486 e. The number of rotatable bonds is 4. The number of tetrazole rings is 1. The second-order valence-corrected chi connectivity index (χ2v) is 4.78. The van der Waals surface area contributed by atoms with Gasteiger partial charge in [0.05, 0.1) is 6.04 Å². The minimum atomic E-state index is 0.0111. The van der Waals surface area contributed by atoms with Gasteiger partial charge in [0.2, 0.25) is 0 Å². The van der Waals surface area contributed by atoms with E-state index < -0.39 is 0 Å². The van der Waals surface area contributed by atoms with Crippen molar-refractivity contribution in [2.45, 2.75) is 25.9 Å². The van der Waals surface area contributed by atoms with E-state index in [1.165, 1.54) is 0 Å². The summed E-state index contributed by atoms with van der Waals surface area (Å²) in [5, 5.41) is 17.4. The van der Waals surface area contributed by atoms with Crippen molar-refractivity contribution in [2.24, 2.45) is 0 Å². The fourth-order valence-corrected chi connectivity index (χ4v) is 2.23. The van der Waals surface area contributed by atoms with Crippen molar-refractivity contribution in [3.63, 3.8) is 0 Å². The molecule has 1 aliphatic heterocycles. The normalized spacial score (nSPS) is 16.7. The molecular formula is C13H17N5O2. The molecule has 0 radical (unpaired) electrons. The van der Waals surface area contributed by atoms with Gasteiger partial charge in [0, 0.05) is 6.04 Å². The first-order chi connectivity index (χ1) is 9.74. The van der Waals surface area contributed by atoms with Crippen LogP contribution in [0.3, 0.4) is 0 Å². The highest BCUT2D eigenvalue weighted by molar-refractivity contribution is 5.44. The van der Waals surface area contributed by atoms with Gasteiger partial charge in [-0.05, 0) is 31.5 Å². The van der Waals surface area contributed by atoms with Crippen molar-refractivity contribution in [3.05, 3.63) is 29.6 Å². The number of aromatic nitrogens is 4. The maximum absolute atomic E-state index is 5.60. The van der Waals surface area contributed by atoms with Gasteiger partial charge in [0.25, 0.3) is 0 Å². The Balaban J connectivity index is 1.72. The molecule has 2 atom stereocenters. The number of hydrogen-bond acceptors (Lipinski definition) is 6. The lowest BCUT2D eigenvalue weighted by atomic mass is 10.1. The zero-order valence-corrected chi connectivity index (χ0v) is 11.5. The lowest BCUT2D eigenvalue weighted by Gasteiger charge is -2.22. The van der Waals surface area contributed by atoms with Crippen molar-refractivity contribution in [3.8, 4) is 11.5 Å². The molecule has 0 saturated carbocycles. The molecule has 0 fully saturated rings. The van der Waals surface area contributed by atoms with E-state index in [9.17, 15) is 0 Å². The largest absolute Gasteiger partial charge is 0.486 e. The van der Waals surface area contributed by atoms with E-state index in [0.29, 0.717) is 19.0 Å². The van der Waals surface area contributed by atoms with Crippen LogP contribution in [0.25, 0.3) is 0 Å². The van der Waals surface area contributed by atoms with Gasteiger partial charge < -0.3 is 14.8 Å². The van der Waals surface area contributed by atoms with E-state index in [4.69, 9.17) is 9.47 Å². The SMILES string of the molecule is CC(NC(C)c1nn[nH]n1)c1ccc2c(c1)OCCO2. The molecule has 3 rings (SSSR count). The zero-order valence-electron chi connectivity index (χ0n) is 11.5. The lowest BCUT2D eigenvalue weighted by Crippen LogP contribution is -2.24. The van der Waals surface area contributed by atoms with Crippen LogP contribution in [0, 0.1) is 0 Å². The number of hydrogen-bond donors (Lipinski definition) is 2. The summed E-state index contributed by atoms with van der Waals surface area (Å²) in [6.45, 7) is 5.29. The number of nitrogens with one attached hydrogen (secondary N) is 2. The van der Waals surface area contributed by atoms with Crippen LogP contribution in [0.5, 0.6) is 11.5 Å². The van der Waals surface area contributed by atoms with Crippen molar-refractivity contribution < 1.29 is 9.47 Å². The second-order valence-electron chi connectivity index (χ2n) is 4.78. The molecule has 2 aromatic rings. The predicted molar refractivity (Wildman–Crippen MR) is 71.6 cm³/mol. The summed E-state index contributed by atoms with van der Waals surface area (Å²) >= 11 is 0. The molecule has 0 saturated heterocycles. The molecule has 0 aliphatic carbocycles. The Hall–Kier alpha value is -2.15. The molecular weight excluding hydrogens is 258 g/mol. The van der Waals surface area contributed by atoms with E-state index in [0.717, 1.165) is 17.1 Å². The van der Waals surface area contributed by atoms with Gasteiger partial charge >= 0.3 is 0 Å². The Labute approximate surface area is 116 Å². The van der Waals surface area contributed by atoms with E-state index >= 15 is 0 Å². The third-order valence-electron chi connectivity index (χ3n) is 3.32. The predicted octanol–water partition coefficient (Wildman–Crippen LogP) is 1.38. The average molecular weight is 275 g/mol. The van der Waals surface area contributed by atoms with Crippen molar-refractivity contribution >= 4 is 0 Å². The molecule has 1 aliphatic rings. The Morgan fingerprint density at radius 1 is 1.15 bits per heavy atom. The summed E-state index contributed by atoms with van der Waals surface area (Å²) in [6, 6.07) is 6.14. The first-order valence-corrected chi connectivity index (χ1v) is 6.63. The number of fused-ring (bicyclic) bond motifs is 1. The van der Waals surface area contributed by atoms with E-state index in [1.54, 1.807) is 0 Å². The second kappa shape index (κ2) is 5.46. The van der Waals surface area contributed by atoms with E-state index in [-0.39, 0.29) is 12.1 Å². The summed E-state index contributed by atoms with van der Waals surface area (Å²) in [6.07, 6.45) is 0. The van der Waals surface area contributed by atoms with Gasteiger partial charge in [-0.2, -0.15) is 5.21 Å². The third kappa shape index (κ3) is 2.57. The summed E-state index contributed by atoms with van der Waals surface area (Å²) in [5.74, 6) is 2.25. The summed E-state index contributed by atoms with van der Waals surface area (Å²) in [7, 11) is 0. The smallest absolute Gasteiger partial charge is 0.191 e. The topological polar surface area (TPSA) is 85.0 Å². The molecule has 1 aromatic heterocycles. The molecule has 106 valence electrons. The highest BCUT2D eigenvalue weighted by Crippen LogP contribution is 2.32. The number of benzene rings is 1. The number of H-pyrrole nitrogens is 1. The summed E-state index contributed by atoms with van der Waals surface area (Å²) in [5.41, 5.74) is 1.13. The summed E-state index contributed by atoms with van der Waals surface area (Å²) < 4.78 is 11.1. The first-order valence-electron chi connectivity index (χ1n) is 6.63. The molecule has 0 amide bonds. The third-order valence-corrected chi connectivity index (χ3v) is 3.32. The van der Waals surface area contributed by atoms with Gasteiger partial charge in [-0.15, -0.1) is 10.2 Å². The molecule has 1 aromatic carbocycles. The maximum atomic E-state index is 5.60. The van der Waals surface area contributed by atoms with Crippen LogP contribution < -0.4 is 14.8 Å². The van der Waals surface area contributed by atoms with Gasteiger partial charge in [-0.25, -0.2) is 0 Å². The Kier molecular flexibility index (Phi) is 3.51. The quantitative estimate of drug-likeness (QED) is 0.877. The molecule has 0 bridgehead atoms. The number of aromatic amines is 1. The molecule has 2 heterocycles. The molecule has 7 nitrogen and oxygen atoms in total. The van der Waals surface area contributed by atoms with Gasteiger partial charge in [0.15, 0.2) is 17.3 Å². The fourth-order valence-electron chi connectivity index (χ4n) is 2.23. The van der Waals surface area contributed by atoms with Crippen LogP contribution in [-0.4, -0.2) is 33.8 Å². The van der Waals surface area contributed by atoms with Crippen LogP contribution in [-0.2, 0) is 0 Å². The maximum Gasteiger partial charge on any atom is 0.191 e. The van der Waals surface area contributed by atoms with E-state index in [2.05, 4.69) is 32.9 Å². The Bertz CT molecular complexity index is 572. The van der Waals surface area contributed by atoms with E-state index in [1.807, 2.05) is 25.1 Å². The zero-order chi connectivity index (χ0) is 13.9. The molecule has 0 spiro atoms. The Morgan fingerprint density at radius 3 is 2.70 bits per heavy atom. The Morgan fingerprint density at radius 2 is 1.95 bits per heavy atom. The standard InChI is InChI=1S/C13H17N5O2/c1-8(14-9(2)13-15-17-18-16-13)10-3-4-11-12(7-10)20-6-5-19-11/h3-4,7-9,14H,5-6H2,1-2H3,(H,15,16,17,18). The molecule has 2 N–H and O–H groups in total. The van der Waals surface area contributed by atoms with Crippen molar-refractivity contribution in [1.82, 2.24) is 25.9 Å². The number of ether oxygens (including phenoxy) is 2. The van der Waals surface area contributed by atoms with Gasteiger partial charge in [0.1, 0.15) is 13.2 Å². The van der Waals surface area contributed by atoms with Crippen molar-refractivity contribution in [2.75, 3.05) is 13.2 Å². The van der Waals surface area contributed by atoms with Crippen LogP contribution in [0.4, 0.5) is 0 Å². The average Bonchev–Trinajstić information content (AvgIpc) is 3.01. The molecule has 20 heavy (non-hydrogen) atoms. The van der Waals surface area contributed by atoms with Crippen LogP contribution in [0.15, 0.2) is 18.2 Å². The van der Waals surface area contributed by atoms with Crippen LogP contribution >= 0.6 is 0 Å². The fraction of sp³-hybridized carbons (Fsp3) is 0.462. The monoisotopic (exact) mass is 275 g/mol. The molecule has 2 unspecified atom stereocenters. The minimum absolute atomic E-state index is 0.0111. The first kappa shape index (κ1) is 12.9. The highest BCUT2D eigenvalue weighted by atomic mass is 16.6. The van der Waals surface area contributed by atoms with Gasteiger partial charge in [-0.3, -0.25) is 0 Å². The highest BCUT2D eigenvalue weighted by Gasteiger charge is 2.17. The lowest BCUT2D eigenvalue weighted by molar-refractivity contribution is 0.171. The molecule has 7 heteroatoms.